The number of anilines is 1. The molecular formula is C12H20NNaO5. The van der Waals surface area contributed by atoms with E-state index in [-0.39, 0.29) is 44.2 Å². The summed E-state index contributed by atoms with van der Waals surface area (Å²) < 4.78 is 4.81. The molecule has 0 unspecified atom stereocenters. The van der Waals surface area contributed by atoms with Crippen LogP contribution in [0.5, 0.6) is 0 Å². The van der Waals surface area contributed by atoms with Crippen LogP contribution in [0, 0.1) is 0 Å². The topological polar surface area (TPSA) is 116 Å². The minimum atomic E-state index is -1.22. The van der Waals surface area contributed by atoms with Crippen molar-refractivity contribution in [1.82, 2.24) is 0 Å². The third kappa shape index (κ3) is 6.20. The van der Waals surface area contributed by atoms with Crippen molar-refractivity contribution >= 4 is 5.69 Å². The van der Waals surface area contributed by atoms with Crippen LogP contribution in [-0.4, -0.2) is 58.1 Å². The van der Waals surface area contributed by atoms with Gasteiger partial charge in [-0.2, -0.15) is 0 Å². The van der Waals surface area contributed by atoms with E-state index in [9.17, 15) is 0 Å². The molecule has 1 saturated heterocycles. The van der Waals surface area contributed by atoms with Gasteiger partial charge in [-0.1, -0.05) is 18.2 Å². The Morgan fingerprint density at radius 2 is 1.74 bits per heavy atom. The predicted molar refractivity (Wildman–Crippen MR) is 66.8 cm³/mol. The Balaban J connectivity index is 0. The van der Waals surface area contributed by atoms with Gasteiger partial charge in [-0.25, -0.2) is 0 Å². The third-order valence-electron chi connectivity index (χ3n) is 2.59. The summed E-state index contributed by atoms with van der Waals surface area (Å²) in [4.78, 5) is 0. The first-order valence-corrected chi connectivity index (χ1v) is 5.63. The molecule has 0 aliphatic carbocycles. The molecular weight excluding hydrogens is 261 g/mol. The average molecular weight is 281 g/mol. The molecule has 0 radical (unpaired) electrons. The van der Waals surface area contributed by atoms with Gasteiger partial charge in [0.25, 0.3) is 0 Å². The molecule has 1 fully saturated rings. The van der Waals surface area contributed by atoms with Gasteiger partial charge >= 0.3 is 29.6 Å². The maximum absolute atomic E-state index is 9.11. The van der Waals surface area contributed by atoms with Gasteiger partial charge in [-0.15, -0.1) is 0 Å². The summed E-state index contributed by atoms with van der Waals surface area (Å²) in [6.07, 6.45) is -4.27. The number of ether oxygens (including phenoxy) is 1. The van der Waals surface area contributed by atoms with Crippen molar-refractivity contribution in [2.75, 3.05) is 18.9 Å². The van der Waals surface area contributed by atoms with Crippen molar-refractivity contribution in [2.45, 2.75) is 24.4 Å². The third-order valence-corrected chi connectivity index (χ3v) is 2.59. The quantitative estimate of drug-likeness (QED) is 0.264. The maximum atomic E-state index is 9.11. The van der Waals surface area contributed by atoms with Crippen LogP contribution >= 0.6 is 0 Å². The molecule has 6 N–H and O–H groups in total. The predicted octanol–water partition coefficient (Wildman–Crippen LogP) is -4.15. The first-order chi connectivity index (χ1) is 8.56. The van der Waals surface area contributed by atoms with Crippen LogP contribution in [0.15, 0.2) is 30.3 Å². The van der Waals surface area contributed by atoms with Gasteiger partial charge in [-0.05, 0) is 12.1 Å². The number of hydrogen-bond acceptors (Lipinski definition) is 6. The standard InChI is InChI=1S/C6H7N.C6H12O5.Na.H/c7-6-4-2-1-3-5-6;7-1-4-6(10)5(9)3(8)2-11-4;;/h1-5H,7H2;3-10H,1-2H2;;/q;;+1;-1/t;3-,4+,5+,6+;;/m.0../s1. The second-order valence-electron chi connectivity index (χ2n) is 4.01. The molecule has 1 aromatic carbocycles. The fraction of sp³-hybridized carbons (Fsp3) is 0.500. The summed E-state index contributed by atoms with van der Waals surface area (Å²) in [5, 5.41) is 35.7. The van der Waals surface area contributed by atoms with Crippen LogP contribution in [0.4, 0.5) is 5.69 Å². The fourth-order valence-corrected chi connectivity index (χ4v) is 1.48. The summed E-state index contributed by atoms with van der Waals surface area (Å²) >= 11 is 0. The first kappa shape index (κ1) is 18.8. The van der Waals surface area contributed by atoms with Crippen molar-refractivity contribution in [3.05, 3.63) is 30.3 Å². The van der Waals surface area contributed by atoms with Crippen LogP contribution in [0.25, 0.3) is 0 Å². The summed E-state index contributed by atoms with van der Waals surface area (Å²) in [5.41, 5.74) is 6.18. The Bertz CT molecular complexity index is 344. The summed E-state index contributed by atoms with van der Waals surface area (Å²) in [6.45, 7) is -0.408. The molecule has 6 nitrogen and oxygen atoms in total. The summed E-state index contributed by atoms with van der Waals surface area (Å²) in [6, 6.07) is 9.49. The minimum absolute atomic E-state index is 0. The van der Waals surface area contributed by atoms with Crippen LogP contribution in [0.1, 0.15) is 1.43 Å². The Morgan fingerprint density at radius 3 is 2.16 bits per heavy atom. The number of nitrogen functional groups attached to an aromatic ring is 1. The van der Waals surface area contributed by atoms with Gasteiger partial charge in [0.15, 0.2) is 0 Å². The SMILES string of the molecule is Nc1ccccc1.OC[C@H]1OC[C@H](O)[C@@H](O)[C@@H]1O.[H-].[Na+]. The average Bonchev–Trinajstić information content (AvgIpc) is 2.38. The second kappa shape index (κ2) is 9.68. The van der Waals surface area contributed by atoms with Gasteiger partial charge in [-0.3, -0.25) is 0 Å². The van der Waals surface area contributed by atoms with Crippen LogP contribution in [0.2, 0.25) is 0 Å². The zero-order chi connectivity index (χ0) is 13.5. The van der Waals surface area contributed by atoms with E-state index >= 15 is 0 Å². The Labute approximate surface area is 135 Å². The number of aliphatic hydroxyl groups is 4. The van der Waals surface area contributed by atoms with E-state index in [4.69, 9.17) is 30.9 Å². The smallest absolute Gasteiger partial charge is 1.00 e. The Morgan fingerprint density at radius 1 is 1.16 bits per heavy atom. The molecule has 7 heteroatoms. The van der Waals surface area contributed by atoms with E-state index in [0.29, 0.717) is 0 Å². The number of benzene rings is 1. The summed E-state index contributed by atoms with van der Waals surface area (Å²) in [7, 11) is 0. The second-order valence-corrected chi connectivity index (χ2v) is 4.01. The van der Waals surface area contributed by atoms with Gasteiger partial charge in [0, 0.05) is 5.69 Å². The molecule has 4 atom stereocenters. The number of hydrogen-bond donors (Lipinski definition) is 5. The van der Waals surface area contributed by atoms with E-state index in [0.717, 1.165) is 5.69 Å². The fourth-order valence-electron chi connectivity index (χ4n) is 1.48. The minimum Gasteiger partial charge on any atom is -1.00 e. The number of para-hydroxylation sites is 1. The maximum Gasteiger partial charge on any atom is 1.00 e. The normalized spacial score (nSPS) is 29.7. The van der Waals surface area contributed by atoms with E-state index in [2.05, 4.69) is 0 Å². The van der Waals surface area contributed by atoms with Crippen molar-refractivity contribution in [3.63, 3.8) is 0 Å². The molecule has 1 heterocycles. The molecule has 2 rings (SSSR count). The van der Waals surface area contributed by atoms with E-state index < -0.39 is 24.4 Å². The zero-order valence-corrected chi connectivity index (χ0v) is 12.9. The van der Waals surface area contributed by atoms with Crippen LogP contribution < -0.4 is 35.3 Å². The number of nitrogens with two attached hydrogens (primary N) is 1. The van der Waals surface area contributed by atoms with Gasteiger partial charge in [0.05, 0.1) is 13.2 Å². The molecule has 1 aromatic rings. The number of aliphatic hydroxyl groups excluding tert-OH is 4. The van der Waals surface area contributed by atoms with Crippen molar-refractivity contribution in [3.8, 4) is 0 Å². The zero-order valence-electron chi connectivity index (χ0n) is 11.9. The Hall–Kier alpha value is -0.180. The van der Waals surface area contributed by atoms with Gasteiger partial charge in [0.2, 0.25) is 0 Å². The molecule has 1 aliphatic rings. The van der Waals surface area contributed by atoms with Crippen molar-refractivity contribution < 1.29 is 56.1 Å². The first-order valence-electron chi connectivity index (χ1n) is 5.63. The van der Waals surface area contributed by atoms with Gasteiger partial charge < -0.3 is 32.3 Å². The molecule has 0 spiro atoms. The number of rotatable bonds is 1. The molecule has 0 bridgehead atoms. The van der Waals surface area contributed by atoms with E-state index in [1.54, 1.807) is 0 Å². The molecule has 0 aromatic heterocycles. The molecule has 1 aliphatic heterocycles. The molecule has 104 valence electrons. The monoisotopic (exact) mass is 281 g/mol. The molecule has 19 heavy (non-hydrogen) atoms. The van der Waals surface area contributed by atoms with E-state index in [1.165, 1.54) is 0 Å². The van der Waals surface area contributed by atoms with Crippen molar-refractivity contribution in [1.29, 1.82) is 0 Å². The largest absolute Gasteiger partial charge is 1.00 e. The molecule has 0 saturated carbocycles. The van der Waals surface area contributed by atoms with Gasteiger partial charge in [0.1, 0.15) is 24.4 Å². The van der Waals surface area contributed by atoms with Crippen LogP contribution in [0.3, 0.4) is 0 Å². The van der Waals surface area contributed by atoms with E-state index in [1.807, 2.05) is 30.3 Å². The van der Waals surface area contributed by atoms with Crippen molar-refractivity contribution in [2.24, 2.45) is 0 Å². The molecule has 0 amide bonds. The Kier molecular flexibility index (Phi) is 9.59. The van der Waals surface area contributed by atoms with Crippen LogP contribution in [-0.2, 0) is 4.74 Å². The summed E-state index contributed by atoms with van der Waals surface area (Å²) in [5.74, 6) is 0.